The van der Waals surface area contributed by atoms with E-state index in [1.54, 1.807) is 24.4 Å². The Morgan fingerprint density at radius 1 is 1.17 bits per heavy atom. The van der Waals surface area contributed by atoms with E-state index in [1.807, 2.05) is 0 Å². The fourth-order valence-electron chi connectivity index (χ4n) is 1.65. The van der Waals surface area contributed by atoms with Gasteiger partial charge in [0.25, 0.3) is 5.69 Å². The Kier molecular flexibility index (Phi) is 5.67. The predicted octanol–water partition coefficient (Wildman–Crippen LogP) is 0.756. The number of non-ortho nitro benzene ring substituents is 1. The number of hydrogen-bond donors (Lipinski definition) is 2. The van der Waals surface area contributed by atoms with Crippen LogP contribution in [-0.4, -0.2) is 27.9 Å². The monoisotopic (exact) mass is 327 g/mol. The van der Waals surface area contributed by atoms with Gasteiger partial charge in [-0.15, -0.1) is 0 Å². The normalized spacial score (nSPS) is 10.3. The lowest BCUT2D eigenvalue weighted by atomic mass is 10.2. The quantitative estimate of drug-likeness (QED) is 0.363. The summed E-state index contributed by atoms with van der Waals surface area (Å²) in [5.41, 5.74) is 3.17. The molecule has 0 aliphatic carbocycles. The number of amides is 2. The number of nitro benzene ring substituents is 1. The second-order valence-electron chi connectivity index (χ2n) is 4.55. The van der Waals surface area contributed by atoms with Crippen LogP contribution in [0.5, 0.6) is 0 Å². The number of carbonyl (C=O) groups excluding carboxylic acids is 2. The lowest BCUT2D eigenvalue weighted by Crippen LogP contribution is -2.37. The number of nitrogens with zero attached hydrogens (tertiary/aromatic N) is 3. The van der Waals surface area contributed by atoms with Crippen molar-refractivity contribution in [2.75, 3.05) is 0 Å². The van der Waals surface area contributed by atoms with Gasteiger partial charge >= 0.3 is 11.8 Å². The summed E-state index contributed by atoms with van der Waals surface area (Å²) in [7, 11) is 0. The highest BCUT2D eigenvalue weighted by Gasteiger charge is 2.12. The number of aromatic nitrogens is 1. The summed E-state index contributed by atoms with van der Waals surface area (Å²) in [5.74, 6) is -1.77. The van der Waals surface area contributed by atoms with Crippen molar-refractivity contribution >= 4 is 23.7 Å². The Hall–Kier alpha value is -3.62. The zero-order chi connectivity index (χ0) is 17.4. The smallest absolute Gasteiger partial charge is 0.329 e. The minimum atomic E-state index is -0.927. The SMILES string of the molecule is O=C(NCc1ccccn1)C(=O)N/N=C\c1ccc([N+](=O)[O-])cc1. The number of rotatable bonds is 5. The van der Waals surface area contributed by atoms with Crippen LogP contribution in [0.25, 0.3) is 0 Å². The first kappa shape index (κ1) is 16.7. The first-order valence-electron chi connectivity index (χ1n) is 6.82. The molecule has 2 aromatic rings. The molecule has 0 radical (unpaired) electrons. The molecule has 9 nitrogen and oxygen atoms in total. The molecule has 0 saturated heterocycles. The summed E-state index contributed by atoms with van der Waals surface area (Å²) < 4.78 is 0. The molecule has 122 valence electrons. The maximum Gasteiger partial charge on any atom is 0.329 e. The molecule has 2 N–H and O–H groups in total. The van der Waals surface area contributed by atoms with Crippen molar-refractivity contribution in [2.45, 2.75) is 6.54 Å². The summed E-state index contributed by atoms with van der Waals surface area (Å²) in [6.45, 7) is 0.124. The molecule has 0 atom stereocenters. The summed E-state index contributed by atoms with van der Waals surface area (Å²) in [4.78, 5) is 37.1. The topological polar surface area (TPSA) is 127 Å². The second-order valence-corrected chi connectivity index (χ2v) is 4.55. The number of nitro groups is 1. The number of pyridine rings is 1. The third-order valence-electron chi connectivity index (χ3n) is 2.85. The van der Waals surface area contributed by atoms with Gasteiger partial charge < -0.3 is 5.32 Å². The summed E-state index contributed by atoms with van der Waals surface area (Å²) in [6, 6.07) is 10.8. The maximum atomic E-state index is 11.6. The number of hydrazone groups is 1. The Labute approximate surface area is 136 Å². The molecule has 9 heteroatoms. The largest absolute Gasteiger partial charge is 0.342 e. The van der Waals surface area contributed by atoms with Crippen LogP contribution in [-0.2, 0) is 16.1 Å². The number of hydrogen-bond acceptors (Lipinski definition) is 6. The summed E-state index contributed by atoms with van der Waals surface area (Å²) in [6.07, 6.45) is 2.85. The van der Waals surface area contributed by atoms with Crippen LogP contribution >= 0.6 is 0 Å². The van der Waals surface area contributed by atoms with Crippen molar-refractivity contribution in [3.63, 3.8) is 0 Å². The van der Waals surface area contributed by atoms with Crippen molar-refractivity contribution in [2.24, 2.45) is 5.10 Å². The highest BCUT2D eigenvalue weighted by molar-refractivity contribution is 6.35. The molecule has 2 amide bonds. The minimum Gasteiger partial charge on any atom is -0.342 e. The lowest BCUT2D eigenvalue weighted by molar-refractivity contribution is -0.384. The number of carbonyl (C=O) groups is 2. The van der Waals surface area contributed by atoms with Gasteiger partial charge in [0.1, 0.15) is 0 Å². The van der Waals surface area contributed by atoms with Crippen molar-refractivity contribution in [3.8, 4) is 0 Å². The fourth-order valence-corrected chi connectivity index (χ4v) is 1.65. The van der Waals surface area contributed by atoms with Gasteiger partial charge in [-0.25, -0.2) is 5.43 Å². The molecule has 0 fully saturated rings. The Balaban J connectivity index is 1.81. The predicted molar refractivity (Wildman–Crippen MR) is 84.9 cm³/mol. The molecule has 0 unspecified atom stereocenters. The summed E-state index contributed by atoms with van der Waals surface area (Å²) >= 11 is 0. The van der Waals surface area contributed by atoms with E-state index in [0.29, 0.717) is 11.3 Å². The van der Waals surface area contributed by atoms with Gasteiger partial charge in [-0.3, -0.25) is 24.7 Å². The number of nitrogens with one attached hydrogen (secondary N) is 2. The molecular formula is C15H13N5O4. The Morgan fingerprint density at radius 2 is 1.92 bits per heavy atom. The highest BCUT2D eigenvalue weighted by Crippen LogP contribution is 2.10. The van der Waals surface area contributed by atoms with Crippen LogP contribution in [0, 0.1) is 10.1 Å². The van der Waals surface area contributed by atoms with Crippen LogP contribution in [0.1, 0.15) is 11.3 Å². The van der Waals surface area contributed by atoms with Crippen molar-refractivity contribution in [1.29, 1.82) is 0 Å². The van der Waals surface area contributed by atoms with E-state index in [2.05, 4.69) is 20.8 Å². The maximum absolute atomic E-state index is 11.6. The molecule has 0 aliphatic heterocycles. The van der Waals surface area contributed by atoms with Crippen molar-refractivity contribution < 1.29 is 14.5 Å². The molecular weight excluding hydrogens is 314 g/mol. The van der Waals surface area contributed by atoms with Gasteiger partial charge in [0, 0.05) is 18.3 Å². The van der Waals surface area contributed by atoms with Crippen molar-refractivity contribution in [1.82, 2.24) is 15.7 Å². The number of benzene rings is 1. The van der Waals surface area contributed by atoms with Crippen LogP contribution in [0.3, 0.4) is 0 Å². The van der Waals surface area contributed by atoms with Gasteiger partial charge in [-0.1, -0.05) is 6.07 Å². The van der Waals surface area contributed by atoms with Crippen LogP contribution in [0.2, 0.25) is 0 Å². The first-order chi connectivity index (χ1) is 11.6. The molecule has 0 aliphatic rings. The molecule has 0 spiro atoms. The molecule has 1 aromatic heterocycles. The van der Waals surface area contributed by atoms with Crippen LogP contribution in [0.4, 0.5) is 5.69 Å². The zero-order valence-electron chi connectivity index (χ0n) is 12.4. The van der Waals surface area contributed by atoms with Gasteiger partial charge in [0.05, 0.1) is 23.4 Å². The molecule has 24 heavy (non-hydrogen) atoms. The average molecular weight is 327 g/mol. The van der Waals surface area contributed by atoms with E-state index in [0.717, 1.165) is 0 Å². The molecule has 0 bridgehead atoms. The second kappa shape index (κ2) is 8.13. The first-order valence-corrected chi connectivity index (χ1v) is 6.82. The van der Waals surface area contributed by atoms with Crippen LogP contribution < -0.4 is 10.7 Å². The zero-order valence-corrected chi connectivity index (χ0v) is 12.4. The van der Waals surface area contributed by atoms with Crippen molar-refractivity contribution in [3.05, 3.63) is 70.0 Å². The van der Waals surface area contributed by atoms with Gasteiger partial charge in [0.2, 0.25) is 0 Å². The fraction of sp³-hybridized carbons (Fsp3) is 0.0667. The molecule has 0 saturated carbocycles. The van der Waals surface area contributed by atoms with E-state index in [9.17, 15) is 19.7 Å². The Bertz CT molecular complexity index is 759. The third-order valence-corrected chi connectivity index (χ3v) is 2.85. The molecule has 1 aromatic carbocycles. The van der Waals surface area contributed by atoms with Crippen LogP contribution in [0.15, 0.2) is 53.8 Å². The Morgan fingerprint density at radius 3 is 2.54 bits per heavy atom. The highest BCUT2D eigenvalue weighted by atomic mass is 16.6. The average Bonchev–Trinajstić information content (AvgIpc) is 2.61. The van der Waals surface area contributed by atoms with E-state index in [-0.39, 0.29) is 12.2 Å². The summed E-state index contributed by atoms with van der Waals surface area (Å²) in [5, 5.41) is 16.5. The minimum absolute atomic E-state index is 0.0508. The van der Waals surface area contributed by atoms with Gasteiger partial charge in [0.15, 0.2) is 0 Å². The standard InChI is InChI=1S/C15H13N5O4/c21-14(17-10-12-3-1-2-8-16-12)15(22)19-18-9-11-4-6-13(7-5-11)20(23)24/h1-9H,10H2,(H,17,21)(H,19,22)/b18-9-. The van der Waals surface area contributed by atoms with Gasteiger partial charge in [-0.2, -0.15) is 5.10 Å². The molecule has 2 rings (SSSR count). The van der Waals surface area contributed by atoms with E-state index < -0.39 is 16.7 Å². The lowest BCUT2D eigenvalue weighted by Gasteiger charge is -2.03. The van der Waals surface area contributed by atoms with E-state index in [4.69, 9.17) is 0 Å². The van der Waals surface area contributed by atoms with E-state index in [1.165, 1.54) is 30.5 Å². The van der Waals surface area contributed by atoms with Gasteiger partial charge in [-0.05, 0) is 29.8 Å². The molecule has 1 heterocycles. The third kappa shape index (κ3) is 4.98. The van der Waals surface area contributed by atoms with E-state index >= 15 is 0 Å².